The lowest BCUT2D eigenvalue weighted by molar-refractivity contribution is -0.117. The van der Waals surface area contributed by atoms with E-state index in [4.69, 9.17) is 4.74 Å². The average Bonchev–Trinajstić information content (AvgIpc) is 3.18. The van der Waals surface area contributed by atoms with E-state index >= 15 is 0 Å². The van der Waals surface area contributed by atoms with Crippen LogP contribution in [-0.2, 0) is 20.9 Å². The van der Waals surface area contributed by atoms with Gasteiger partial charge in [0.05, 0.1) is 0 Å². The number of halogens is 1. The van der Waals surface area contributed by atoms with Gasteiger partial charge in [-0.15, -0.1) is 0 Å². The zero-order chi connectivity index (χ0) is 22.5. The normalized spacial score (nSPS) is 19.1. The number of allylic oxidation sites excluding steroid dienone is 4. The van der Waals surface area contributed by atoms with Crippen LogP contribution in [0.15, 0.2) is 81.9 Å². The van der Waals surface area contributed by atoms with Gasteiger partial charge in [0.1, 0.15) is 11.5 Å². The van der Waals surface area contributed by atoms with Crippen molar-refractivity contribution in [3.63, 3.8) is 0 Å². The summed E-state index contributed by atoms with van der Waals surface area (Å²) in [5.41, 5.74) is 4.76. The lowest BCUT2D eigenvalue weighted by atomic mass is 9.73. The summed E-state index contributed by atoms with van der Waals surface area (Å²) in [5, 5.41) is 1.09. The molecule has 5 heteroatoms. The van der Waals surface area contributed by atoms with Crippen LogP contribution in [0.25, 0.3) is 10.9 Å². The maximum absolute atomic E-state index is 13.2. The molecule has 1 aliphatic heterocycles. The Bertz CT molecular complexity index is 1320. The van der Waals surface area contributed by atoms with Gasteiger partial charge >= 0.3 is 0 Å². The minimum atomic E-state index is -0.333. The number of rotatable bonds is 3. The van der Waals surface area contributed by atoms with Crippen LogP contribution in [0.4, 0.5) is 0 Å². The van der Waals surface area contributed by atoms with E-state index in [9.17, 15) is 9.59 Å². The largest absolute Gasteiger partial charge is 0.465 e. The predicted molar refractivity (Wildman–Crippen MR) is 131 cm³/mol. The third kappa shape index (κ3) is 3.50. The summed E-state index contributed by atoms with van der Waals surface area (Å²) in [7, 11) is 0. The third-order valence-corrected chi connectivity index (χ3v) is 7.57. The quantitative estimate of drug-likeness (QED) is 0.407. The smallest absolute Gasteiger partial charge is 0.163 e. The van der Waals surface area contributed by atoms with Crippen LogP contribution in [0.1, 0.15) is 55.6 Å². The van der Waals surface area contributed by atoms with Gasteiger partial charge in [0.25, 0.3) is 0 Å². The van der Waals surface area contributed by atoms with Gasteiger partial charge in [-0.2, -0.15) is 0 Å². The highest BCUT2D eigenvalue weighted by Crippen LogP contribution is 2.49. The average molecular weight is 502 g/mol. The molecule has 0 saturated carbocycles. The van der Waals surface area contributed by atoms with Crippen molar-refractivity contribution in [2.75, 3.05) is 0 Å². The SMILES string of the molecule is O=C1CCCC2=C1C(c1cn(Cc3ccc(Br)cc3)c3ccccc13)C1=C(CCCC1=O)O2. The number of nitrogens with zero attached hydrogens (tertiary/aromatic N) is 1. The number of Topliss-reactive ketones (excluding diaryl/α,β-unsaturated/α-hetero) is 2. The number of aromatic nitrogens is 1. The van der Waals surface area contributed by atoms with Crippen molar-refractivity contribution in [2.45, 2.75) is 51.0 Å². The van der Waals surface area contributed by atoms with Crippen molar-refractivity contribution in [1.82, 2.24) is 4.57 Å². The Hall–Kier alpha value is -2.92. The Labute approximate surface area is 201 Å². The minimum absolute atomic E-state index is 0.121. The molecule has 6 rings (SSSR count). The first-order valence-corrected chi connectivity index (χ1v) is 12.4. The highest BCUT2D eigenvalue weighted by Gasteiger charge is 2.42. The van der Waals surface area contributed by atoms with E-state index in [1.807, 2.05) is 12.1 Å². The van der Waals surface area contributed by atoms with E-state index < -0.39 is 0 Å². The molecule has 0 bridgehead atoms. The van der Waals surface area contributed by atoms with Gasteiger partial charge in [0.2, 0.25) is 0 Å². The first kappa shape index (κ1) is 20.7. The zero-order valence-electron chi connectivity index (χ0n) is 18.3. The fourth-order valence-electron chi connectivity index (χ4n) is 5.55. The Balaban J connectivity index is 1.55. The number of hydrogen-bond acceptors (Lipinski definition) is 3. The molecule has 0 N–H and O–H groups in total. The van der Waals surface area contributed by atoms with E-state index in [1.165, 1.54) is 5.56 Å². The summed E-state index contributed by atoms with van der Waals surface area (Å²) < 4.78 is 9.51. The summed E-state index contributed by atoms with van der Waals surface area (Å²) in [6, 6.07) is 16.6. The van der Waals surface area contributed by atoms with Crippen molar-refractivity contribution in [2.24, 2.45) is 0 Å². The Morgan fingerprint density at radius 1 is 0.848 bits per heavy atom. The standard InChI is InChI=1S/C28H24BrNO3/c29-18-13-11-17(12-14-18)15-30-16-20(19-5-1-2-6-21(19)30)26-27-22(31)7-3-9-24(27)33-25-10-4-8-23(32)28(25)26/h1-2,5-6,11-14,16,26H,3-4,7-10,15H2. The van der Waals surface area contributed by atoms with E-state index in [0.29, 0.717) is 24.0 Å². The molecule has 0 spiro atoms. The minimum Gasteiger partial charge on any atom is -0.465 e. The van der Waals surface area contributed by atoms with Crippen LogP contribution in [-0.4, -0.2) is 16.1 Å². The number of hydrogen-bond donors (Lipinski definition) is 0. The van der Waals surface area contributed by atoms with Gasteiger partial charge in [-0.1, -0.05) is 46.3 Å². The van der Waals surface area contributed by atoms with E-state index in [2.05, 4.69) is 63.1 Å². The summed E-state index contributed by atoms with van der Waals surface area (Å²) in [4.78, 5) is 26.4. The van der Waals surface area contributed by atoms with Gasteiger partial charge < -0.3 is 9.30 Å². The van der Waals surface area contributed by atoms with E-state index in [1.54, 1.807) is 0 Å². The van der Waals surface area contributed by atoms with E-state index in [0.717, 1.165) is 64.7 Å². The lowest BCUT2D eigenvalue weighted by Crippen LogP contribution is -2.30. The monoisotopic (exact) mass is 501 g/mol. The number of para-hydroxylation sites is 1. The molecule has 4 nitrogen and oxygen atoms in total. The molecule has 33 heavy (non-hydrogen) atoms. The number of ether oxygens (including phenoxy) is 1. The van der Waals surface area contributed by atoms with Crippen molar-refractivity contribution in [3.8, 4) is 0 Å². The van der Waals surface area contributed by atoms with Gasteiger partial charge in [0.15, 0.2) is 11.6 Å². The van der Waals surface area contributed by atoms with Crippen molar-refractivity contribution >= 4 is 38.4 Å². The molecule has 0 unspecified atom stereocenters. The first-order chi connectivity index (χ1) is 16.1. The Morgan fingerprint density at radius 3 is 2.15 bits per heavy atom. The zero-order valence-corrected chi connectivity index (χ0v) is 19.9. The molecular weight excluding hydrogens is 478 g/mol. The molecule has 166 valence electrons. The first-order valence-electron chi connectivity index (χ1n) is 11.6. The molecule has 2 aliphatic carbocycles. The fourth-order valence-corrected chi connectivity index (χ4v) is 5.82. The number of benzene rings is 2. The maximum atomic E-state index is 13.2. The highest BCUT2D eigenvalue weighted by atomic mass is 79.9. The Morgan fingerprint density at radius 2 is 1.48 bits per heavy atom. The van der Waals surface area contributed by atoms with Crippen LogP contribution in [0.5, 0.6) is 0 Å². The highest BCUT2D eigenvalue weighted by molar-refractivity contribution is 9.10. The summed E-state index contributed by atoms with van der Waals surface area (Å²) >= 11 is 3.51. The lowest BCUT2D eigenvalue weighted by Gasteiger charge is -2.35. The Kier molecular flexibility index (Phi) is 5.10. The molecule has 0 fully saturated rings. The predicted octanol–water partition coefficient (Wildman–Crippen LogP) is 6.58. The maximum Gasteiger partial charge on any atom is 0.163 e. The summed E-state index contributed by atoms with van der Waals surface area (Å²) in [6.07, 6.45) is 6.35. The molecule has 1 aromatic heterocycles. The molecule has 2 aromatic carbocycles. The van der Waals surface area contributed by atoms with Crippen LogP contribution >= 0.6 is 15.9 Å². The van der Waals surface area contributed by atoms with Gasteiger partial charge in [0, 0.05) is 70.9 Å². The number of carbonyl (C=O) groups is 2. The van der Waals surface area contributed by atoms with Crippen molar-refractivity contribution in [1.29, 1.82) is 0 Å². The molecule has 2 heterocycles. The van der Waals surface area contributed by atoms with Gasteiger partial charge in [-0.05, 0) is 42.2 Å². The number of ketones is 2. The molecular formula is C28H24BrNO3. The van der Waals surface area contributed by atoms with Crippen LogP contribution in [0, 0.1) is 0 Å². The van der Waals surface area contributed by atoms with Crippen molar-refractivity contribution in [3.05, 3.63) is 93.0 Å². The molecule has 0 radical (unpaired) electrons. The number of fused-ring (bicyclic) bond motifs is 1. The van der Waals surface area contributed by atoms with Crippen LogP contribution in [0.3, 0.4) is 0 Å². The molecule has 3 aromatic rings. The van der Waals surface area contributed by atoms with Gasteiger partial charge in [-0.3, -0.25) is 9.59 Å². The van der Waals surface area contributed by atoms with Gasteiger partial charge in [-0.25, -0.2) is 0 Å². The van der Waals surface area contributed by atoms with Crippen LogP contribution < -0.4 is 0 Å². The second kappa shape index (κ2) is 8.14. The second-order valence-corrected chi connectivity index (χ2v) is 10.0. The van der Waals surface area contributed by atoms with Crippen molar-refractivity contribution < 1.29 is 14.3 Å². The summed E-state index contributed by atoms with van der Waals surface area (Å²) in [6.45, 7) is 0.719. The second-order valence-electron chi connectivity index (χ2n) is 9.12. The number of carbonyl (C=O) groups excluding carboxylic acids is 2. The topological polar surface area (TPSA) is 48.3 Å². The molecule has 0 atom stereocenters. The third-order valence-electron chi connectivity index (χ3n) is 7.04. The van der Waals surface area contributed by atoms with E-state index in [-0.39, 0.29) is 17.5 Å². The fraction of sp³-hybridized carbons (Fsp3) is 0.286. The molecule has 0 amide bonds. The summed E-state index contributed by atoms with van der Waals surface area (Å²) in [5.74, 6) is 1.48. The van der Waals surface area contributed by atoms with Crippen LogP contribution in [0.2, 0.25) is 0 Å². The molecule has 0 saturated heterocycles. The molecule has 3 aliphatic rings.